The first kappa shape index (κ1) is 10.1. The zero-order valence-electron chi connectivity index (χ0n) is 9.92. The molecule has 2 unspecified atom stereocenters. The van der Waals surface area contributed by atoms with Gasteiger partial charge in [-0.15, -0.1) is 0 Å². The van der Waals surface area contributed by atoms with Gasteiger partial charge in [0.2, 0.25) is 0 Å². The van der Waals surface area contributed by atoms with Gasteiger partial charge in [-0.2, -0.15) is 0 Å². The fourth-order valence-corrected chi connectivity index (χ4v) is 3.51. The first-order valence-electron chi connectivity index (χ1n) is 6.37. The molecule has 3 rings (SSSR count). The van der Waals surface area contributed by atoms with Gasteiger partial charge in [0.05, 0.1) is 13.2 Å². The molecule has 0 aromatic carbocycles. The Balaban J connectivity index is 1.68. The minimum absolute atomic E-state index is 0.175. The number of fused-ring (bicyclic) bond motifs is 1. The van der Waals surface area contributed by atoms with E-state index in [0.29, 0.717) is 0 Å². The Kier molecular flexibility index (Phi) is 2.16. The molecule has 0 aromatic heterocycles. The number of hydrogen-bond acceptors (Lipinski definition) is 2. The van der Waals surface area contributed by atoms with E-state index < -0.39 is 0 Å². The molecule has 2 saturated carbocycles. The fourth-order valence-electron chi connectivity index (χ4n) is 3.51. The Morgan fingerprint density at radius 2 is 1.47 bits per heavy atom. The molecule has 2 atom stereocenters. The molecule has 0 amide bonds. The van der Waals surface area contributed by atoms with Crippen molar-refractivity contribution in [2.75, 3.05) is 13.2 Å². The first-order valence-corrected chi connectivity index (χ1v) is 6.37. The molecule has 0 aromatic rings. The summed E-state index contributed by atoms with van der Waals surface area (Å²) in [5.74, 6) is 1.61. The van der Waals surface area contributed by atoms with Crippen LogP contribution in [-0.2, 0) is 9.47 Å². The molecule has 0 bridgehead atoms. The van der Waals surface area contributed by atoms with Crippen LogP contribution in [0.15, 0.2) is 0 Å². The second-order valence-electron chi connectivity index (χ2n) is 6.51. The van der Waals surface area contributed by atoms with Crippen LogP contribution in [0.2, 0.25) is 0 Å². The quantitative estimate of drug-likeness (QED) is 0.612. The monoisotopic (exact) mass is 210 g/mol. The number of hydrogen-bond donors (Lipinski definition) is 0. The largest absolute Gasteiger partial charge is 0.349 e. The first-order chi connectivity index (χ1) is 7.09. The summed E-state index contributed by atoms with van der Waals surface area (Å²) in [6.07, 6.45) is 6.56. The summed E-state index contributed by atoms with van der Waals surface area (Å²) in [4.78, 5) is 0. The molecule has 1 heterocycles. The van der Waals surface area contributed by atoms with Crippen molar-refractivity contribution in [3.63, 3.8) is 0 Å². The molecule has 0 radical (unpaired) electrons. The molecule has 1 spiro atoms. The topological polar surface area (TPSA) is 18.5 Å². The van der Waals surface area contributed by atoms with Crippen molar-refractivity contribution in [2.45, 2.75) is 51.7 Å². The van der Waals surface area contributed by atoms with E-state index in [1.165, 1.54) is 19.3 Å². The van der Waals surface area contributed by atoms with Gasteiger partial charge in [-0.1, -0.05) is 20.3 Å². The Bertz CT molecular complexity index is 235. The predicted molar refractivity (Wildman–Crippen MR) is 58.5 cm³/mol. The Morgan fingerprint density at radius 3 is 2.00 bits per heavy atom. The van der Waals surface area contributed by atoms with E-state index >= 15 is 0 Å². The lowest BCUT2D eigenvalue weighted by atomic mass is 9.94. The van der Waals surface area contributed by atoms with Crippen molar-refractivity contribution in [3.8, 4) is 0 Å². The second kappa shape index (κ2) is 3.21. The highest BCUT2D eigenvalue weighted by atomic mass is 16.7. The summed E-state index contributed by atoms with van der Waals surface area (Å²) in [7, 11) is 0. The SMILES string of the molecule is CC1(C)COC2(CC3CCCC3C2)OC1. The van der Waals surface area contributed by atoms with Gasteiger partial charge in [-0.25, -0.2) is 0 Å². The van der Waals surface area contributed by atoms with Gasteiger partial charge in [0, 0.05) is 18.3 Å². The molecule has 1 aliphatic heterocycles. The predicted octanol–water partition coefficient (Wildman–Crippen LogP) is 2.97. The minimum Gasteiger partial charge on any atom is -0.349 e. The van der Waals surface area contributed by atoms with Gasteiger partial charge in [0.25, 0.3) is 0 Å². The van der Waals surface area contributed by atoms with E-state index in [2.05, 4.69) is 13.8 Å². The molecule has 1 saturated heterocycles. The van der Waals surface area contributed by atoms with Gasteiger partial charge in [0.15, 0.2) is 5.79 Å². The van der Waals surface area contributed by atoms with Gasteiger partial charge < -0.3 is 9.47 Å². The van der Waals surface area contributed by atoms with Crippen molar-refractivity contribution < 1.29 is 9.47 Å². The Labute approximate surface area is 92.3 Å². The van der Waals surface area contributed by atoms with Gasteiger partial charge >= 0.3 is 0 Å². The maximum absolute atomic E-state index is 6.06. The molecular weight excluding hydrogens is 188 g/mol. The smallest absolute Gasteiger partial charge is 0.168 e. The molecule has 3 aliphatic rings. The summed E-state index contributed by atoms with van der Waals surface area (Å²) >= 11 is 0. The van der Waals surface area contributed by atoms with Crippen molar-refractivity contribution >= 4 is 0 Å². The summed E-state index contributed by atoms with van der Waals surface area (Å²) < 4.78 is 12.1. The van der Waals surface area contributed by atoms with Crippen LogP contribution >= 0.6 is 0 Å². The normalized spacial score (nSPS) is 42.0. The van der Waals surface area contributed by atoms with E-state index in [9.17, 15) is 0 Å². The number of rotatable bonds is 0. The second-order valence-corrected chi connectivity index (χ2v) is 6.51. The lowest BCUT2D eigenvalue weighted by molar-refractivity contribution is -0.297. The summed E-state index contributed by atoms with van der Waals surface area (Å²) in [6.45, 7) is 6.17. The maximum atomic E-state index is 6.06. The van der Waals surface area contributed by atoms with E-state index in [1.807, 2.05) is 0 Å². The molecule has 2 aliphatic carbocycles. The molecule has 2 heteroatoms. The van der Waals surface area contributed by atoms with Crippen molar-refractivity contribution in [1.82, 2.24) is 0 Å². The van der Waals surface area contributed by atoms with Crippen LogP contribution in [0, 0.1) is 17.3 Å². The van der Waals surface area contributed by atoms with Gasteiger partial charge in [0.1, 0.15) is 0 Å². The summed E-state index contributed by atoms with van der Waals surface area (Å²) in [5.41, 5.74) is 0.211. The van der Waals surface area contributed by atoms with Gasteiger partial charge in [-0.05, 0) is 24.7 Å². The Hall–Kier alpha value is -0.0800. The highest BCUT2D eigenvalue weighted by Gasteiger charge is 2.51. The van der Waals surface area contributed by atoms with Crippen molar-refractivity contribution in [3.05, 3.63) is 0 Å². The molecular formula is C13H22O2. The zero-order chi connectivity index (χ0) is 10.5. The van der Waals surface area contributed by atoms with Crippen LogP contribution in [0.25, 0.3) is 0 Å². The van der Waals surface area contributed by atoms with Crippen molar-refractivity contribution in [1.29, 1.82) is 0 Å². The van der Waals surface area contributed by atoms with E-state index in [-0.39, 0.29) is 11.2 Å². The van der Waals surface area contributed by atoms with Crippen LogP contribution in [0.5, 0.6) is 0 Å². The van der Waals surface area contributed by atoms with Crippen LogP contribution < -0.4 is 0 Å². The van der Waals surface area contributed by atoms with Crippen LogP contribution in [0.4, 0.5) is 0 Å². The average molecular weight is 210 g/mol. The molecule has 86 valence electrons. The zero-order valence-corrected chi connectivity index (χ0v) is 9.92. The molecule has 3 fully saturated rings. The molecule has 2 nitrogen and oxygen atoms in total. The van der Waals surface area contributed by atoms with Gasteiger partial charge in [-0.3, -0.25) is 0 Å². The molecule has 0 N–H and O–H groups in total. The van der Waals surface area contributed by atoms with Crippen LogP contribution in [0.1, 0.15) is 46.0 Å². The third-order valence-corrected chi connectivity index (χ3v) is 4.41. The van der Waals surface area contributed by atoms with E-state index in [1.54, 1.807) is 0 Å². The lowest BCUT2D eigenvalue weighted by Crippen LogP contribution is -2.46. The number of ether oxygens (including phenoxy) is 2. The summed E-state index contributed by atoms with van der Waals surface area (Å²) in [5, 5.41) is 0. The van der Waals surface area contributed by atoms with Crippen molar-refractivity contribution in [2.24, 2.45) is 17.3 Å². The minimum atomic E-state index is -0.175. The highest BCUT2D eigenvalue weighted by molar-refractivity contribution is 4.95. The fraction of sp³-hybridized carbons (Fsp3) is 1.00. The maximum Gasteiger partial charge on any atom is 0.168 e. The highest BCUT2D eigenvalue weighted by Crippen LogP contribution is 2.52. The lowest BCUT2D eigenvalue weighted by Gasteiger charge is -2.42. The third-order valence-electron chi connectivity index (χ3n) is 4.41. The summed E-state index contributed by atoms with van der Waals surface area (Å²) in [6, 6.07) is 0. The van der Waals surface area contributed by atoms with Crippen LogP contribution in [-0.4, -0.2) is 19.0 Å². The molecule has 15 heavy (non-hydrogen) atoms. The average Bonchev–Trinajstić information content (AvgIpc) is 2.69. The van der Waals surface area contributed by atoms with E-state index in [4.69, 9.17) is 9.47 Å². The standard InChI is InChI=1S/C13H22O2/c1-12(2)8-14-13(15-9-12)6-10-4-3-5-11(10)7-13/h10-11H,3-9H2,1-2H3. The van der Waals surface area contributed by atoms with Crippen LogP contribution in [0.3, 0.4) is 0 Å². The Morgan fingerprint density at radius 1 is 0.933 bits per heavy atom. The third kappa shape index (κ3) is 1.72. The van der Waals surface area contributed by atoms with E-state index in [0.717, 1.165) is 37.9 Å².